The van der Waals surface area contributed by atoms with Gasteiger partial charge in [0.15, 0.2) is 5.65 Å². The number of imidazole rings is 1. The van der Waals surface area contributed by atoms with E-state index in [1.165, 1.54) is 23.4 Å². The van der Waals surface area contributed by atoms with Crippen molar-refractivity contribution in [3.63, 3.8) is 0 Å². The van der Waals surface area contributed by atoms with Gasteiger partial charge in [-0.2, -0.15) is 0 Å². The van der Waals surface area contributed by atoms with Gasteiger partial charge >= 0.3 is 5.97 Å². The zero-order valence-corrected chi connectivity index (χ0v) is 24.6. The lowest BCUT2D eigenvalue weighted by molar-refractivity contribution is -0.148. The van der Waals surface area contributed by atoms with Crippen LogP contribution in [0.2, 0.25) is 0 Å². The van der Waals surface area contributed by atoms with Gasteiger partial charge in [-0.15, -0.1) is 16.4 Å². The Balaban J connectivity index is 1.09. The standard InChI is InChI=1S/C31H40N6O2S/c1-4-39-30(38)31(2,3)26-23-37-28(33-26)14-13-27(34-37)32-17-9-18-35-19-15-25(16-20-35)36(29-12-8-21-40-29)22-24-10-6-5-7-11-24/h5-8,10-14,21,23,25H,4,9,15-20,22H2,1-3H3,(H,32,34). The lowest BCUT2D eigenvalue weighted by Gasteiger charge is -2.39. The Labute approximate surface area is 241 Å². The van der Waals surface area contributed by atoms with Gasteiger partial charge in [0.2, 0.25) is 0 Å². The molecule has 1 N–H and O–H groups in total. The molecule has 1 saturated heterocycles. The maximum absolute atomic E-state index is 12.4. The van der Waals surface area contributed by atoms with Crippen molar-refractivity contribution < 1.29 is 9.53 Å². The maximum Gasteiger partial charge on any atom is 0.317 e. The fourth-order valence-corrected chi connectivity index (χ4v) is 6.07. The van der Waals surface area contributed by atoms with Crippen molar-refractivity contribution >= 4 is 33.8 Å². The molecule has 3 aromatic heterocycles. The Morgan fingerprint density at radius 1 is 1.12 bits per heavy atom. The van der Waals surface area contributed by atoms with E-state index in [1.54, 1.807) is 4.52 Å². The van der Waals surface area contributed by atoms with Gasteiger partial charge < -0.3 is 19.9 Å². The second-order valence-corrected chi connectivity index (χ2v) is 11.8. The van der Waals surface area contributed by atoms with E-state index in [4.69, 9.17) is 4.74 Å². The van der Waals surface area contributed by atoms with E-state index in [1.807, 2.05) is 50.4 Å². The number of ether oxygens (including phenoxy) is 1. The summed E-state index contributed by atoms with van der Waals surface area (Å²) in [5.41, 5.74) is 1.91. The molecule has 0 amide bonds. The monoisotopic (exact) mass is 560 g/mol. The first-order valence-corrected chi connectivity index (χ1v) is 15.2. The van der Waals surface area contributed by atoms with Gasteiger partial charge in [0.1, 0.15) is 11.2 Å². The highest BCUT2D eigenvalue weighted by Gasteiger charge is 2.34. The van der Waals surface area contributed by atoms with Crippen LogP contribution in [-0.4, -0.2) is 64.3 Å². The van der Waals surface area contributed by atoms with Crippen molar-refractivity contribution in [2.75, 3.05) is 43.0 Å². The van der Waals surface area contributed by atoms with Crippen LogP contribution >= 0.6 is 11.3 Å². The number of carbonyl (C=O) groups excluding carboxylic acids is 1. The van der Waals surface area contributed by atoms with Crippen LogP contribution in [0.5, 0.6) is 0 Å². The minimum atomic E-state index is -0.826. The average molecular weight is 561 g/mol. The number of hydrogen-bond donors (Lipinski definition) is 1. The van der Waals surface area contributed by atoms with Crippen LogP contribution in [0.25, 0.3) is 5.65 Å². The first-order valence-electron chi connectivity index (χ1n) is 14.3. The van der Waals surface area contributed by atoms with Gasteiger partial charge in [0, 0.05) is 32.2 Å². The summed E-state index contributed by atoms with van der Waals surface area (Å²) in [6.07, 6.45) is 5.23. The summed E-state index contributed by atoms with van der Waals surface area (Å²) in [7, 11) is 0. The first-order chi connectivity index (χ1) is 19.4. The van der Waals surface area contributed by atoms with Crippen LogP contribution in [-0.2, 0) is 21.5 Å². The summed E-state index contributed by atoms with van der Waals surface area (Å²) in [4.78, 5) is 22.2. The van der Waals surface area contributed by atoms with Crippen molar-refractivity contribution in [1.82, 2.24) is 19.5 Å². The molecule has 0 aliphatic carbocycles. The Bertz CT molecular complexity index is 1360. The molecular formula is C31H40N6O2S. The molecule has 1 aromatic carbocycles. The Hall–Kier alpha value is -3.43. The minimum Gasteiger partial charge on any atom is -0.465 e. The van der Waals surface area contributed by atoms with Gasteiger partial charge in [0.05, 0.1) is 23.5 Å². The molecule has 0 unspecified atom stereocenters. The number of benzene rings is 1. The van der Waals surface area contributed by atoms with E-state index >= 15 is 0 Å². The SMILES string of the molecule is CCOC(=O)C(C)(C)c1cn2nc(NCCCN3CCC(N(Cc4ccccc4)c4cccs4)CC3)ccc2n1. The molecule has 40 heavy (non-hydrogen) atoms. The number of anilines is 2. The molecule has 8 nitrogen and oxygen atoms in total. The highest BCUT2D eigenvalue weighted by molar-refractivity contribution is 7.14. The van der Waals surface area contributed by atoms with Crippen molar-refractivity contribution in [1.29, 1.82) is 0 Å². The Morgan fingerprint density at radius 3 is 2.65 bits per heavy atom. The quantitative estimate of drug-likeness (QED) is 0.178. The van der Waals surface area contributed by atoms with Gasteiger partial charge in [0.25, 0.3) is 0 Å². The number of piperidine rings is 1. The summed E-state index contributed by atoms with van der Waals surface area (Å²) in [5, 5.41) is 11.7. The summed E-state index contributed by atoms with van der Waals surface area (Å²) < 4.78 is 6.96. The van der Waals surface area contributed by atoms with E-state index in [-0.39, 0.29) is 5.97 Å². The lowest BCUT2D eigenvalue weighted by atomic mass is 9.90. The molecular weight excluding hydrogens is 520 g/mol. The third-order valence-electron chi connectivity index (χ3n) is 7.69. The van der Waals surface area contributed by atoms with Crippen LogP contribution in [0.4, 0.5) is 10.8 Å². The fourth-order valence-electron chi connectivity index (χ4n) is 5.27. The van der Waals surface area contributed by atoms with Gasteiger partial charge in [-0.1, -0.05) is 30.3 Å². The summed E-state index contributed by atoms with van der Waals surface area (Å²) in [6.45, 7) is 11.0. The van der Waals surface area contributed by atoms with E-state index in [9.17, 15) is 4.79 Å². The van der Waals surface area contributed by atoms with Crippen molar-refractivity contribution in [2.24, 2.45) is 0 Å². The van der Waals surface area contributed by atoms with Crippen molar-refractivity contribution in [3.05, 3.63) is 77.4 Å². The predicted octanol–water partition coefficient (Wildman–Crippen LogP) is 5.60. The van der Waals surface area contributed by atoms with Gasteiger partial charge in [-0.3, -0.25) is 4.79 Å². The van der Waals surface area contributed by atoms with Crippen LogP contribution in [0.3, 0.4) is 0 Å². The number of likely N-dealkylation sites (tertiary alicyclic amines) is 1. The van der Waals surface area contributed by atoms with Crippen LogP contribution < -0.4 is 10.2 Å². The second kappa shape index (κ2) is 12.8. The number of rotatable bonds is 12. The summed E-state index contributed by atoms with van der Waals surface area (Å²) >= 11 is 1.84. The molecule has 1 aliphatic rings. The Morgan fingerprint density at radius 2 is 1.93 bits per heavy atom. The Kier molecular flexibility index (Phi) is 9.01. The third kappa shape index (κ3) is 6.64. The molecule has 4 heterocycles. The van der Waals surface area contributed by atoms with Crippen LogP contribution in [0, 0.1) is 0 Å². The highest BCUT2D eigenvalue weighted by Crippen LogP contribution is 2.30. The van der Waals surface area contributed by atoms with Crippen LogP contribution in [0.15, 0.2) is 66.2 Å². The predicted molar refractivity (Wildman–Crippen MR) is 162 cm³/mol. The molecule has 0 bridgehead atoms. The highest BCUT2D eigenvalue weighted by atomic mass is 32.1. The molecule has 9 heteroatoms. The first kappa shape index (κ1) is 28.1. The molecule has 1 aliphatic heterocycles. The zero-order valence-electron chi connectivity index (χ0n) is 23.8. The number of nitrogens with one attached hydrogen (secondary N) is 1. The number of carbonyl (C=O) groups is 1. The van der Waals surface area contributed by atoms with Crippen molar-refractivity contribution in [3.8, 4) is 0 Å². The molecule has 0 saturated carbocycles. The molecule has 1 fully saturated rings. The average Bonchev–Trinajstić information content (AvgIpc) is 3.66. The number of nitrogens with zero attached hydrogens (tertiary/aromatic N) is 5. The number of esters is 1. The number of aromatic nitrogens is 3. The van der Waals surface area contributed by atoms with Crippen LogP contribution in [0.1, 0.15) is 51.3 Å². The summed E-state index contributed by atoms with van der Waals surface area (Å²) in [6, 6.07) is 19.7. The minimum absolute atomic E-state index is 0.281. The topological polar surface area (TPSA) is 75.0 Å². The van der Waals surface area contributed by atoms with Gasteiger partial charge in [-0.05, 0) is 81.8 Å². The van der Waals surface area contributed by atoms with Gasteiger partial charge in [-0.25, -0.2) is 9.50 Å². The molecule has 0 spiro atoms. The molecule has 212 valence electrons. The number of thiophene rings is 1. The second-order valence-electron chi connectivity index (χ2n) is 10.9. The fraction of sp³-hybridized carbons (Fsp3) is 0.452. The smallest absolute Gasteiger partial charge is 0.317 e. The largest absolute Gasteiger partial charge is 0.465 e. The third-order valence-corrected chi connectivity index (χ3v) is 8.59. The van der Waals surface area contributed by atoms with E-state index in [2.05, 4.69) is 73.0 Å². The number of fused-ring (bicyclic) bond motifs is 1. The zero-order chi connectivity index (χ0) is 28.0. The maximum atomic E-state index is 12.4. The molecule has 4 aromatic rings. The van der Waals surface area contributed by atoms with E-state index in [0.717, 1.165) is 45.0 Å². The molecule has 0 radical (unpaired) electrons. The van der Waals surface area contributed by atoms with E-state index in [0.29, 0.717) is 24.0 Å². The normalized spacial score (nSPS) is 14.9. The molecule has 5 rings (SSSR count). The van der Waals surface area contributed by atoms with E-state index < -0.39 is 5.41 Å². The lowest BCUT2D eigenvalue weighted by Crippen LogP contribution is -2.45. The van der Waals surface area contributed by atoms with Crippen molar-refractivity contribution in [2.45, 2.75) is 58.0 Å². The number of hydrogen-bond acceptors (Lipinski definition) is 8. The molecule has 0 atom stereocenters. The summed E-state index contributed by atoms with van der Waals surface area (Å²) in [5.74, 6) is 0.521.